The molecular weight excluding hydrogens is 374 g/mol. The van der Waals surface area contributed by atoms with Gasteiger partial charge in [-0.15, -0.1) is 0 Å². The molecule has 2 aliphatic rings. The molecule has 4 rings (SSSR count). The maximum atomic E-state index is 13.4. The quantitative estimate of drug-likeness (QED) is 0.786. The summed E-state index contributed by atoms with van der Waals surface area (Å²) in [6, 6.07) is 13.5. The maximum absolute atomic E-state index is 13.4. The van der Waals surface area contributed by atoms with E-state index in [0.717, 1.165) is 28.9 Å². The van der Waals surface area contributed by atoms with Crippen molar-refractivity contribution < 1.29 is 9.59 Å². The predicted molar refractivity (Wildman–Crippen MR) is 118 cm³/mol. The molecule has 5 heteroatoms. The number of ketones is 1. The standard InChI is InChI=1S/C25H27N3O2/c1-15-10-11-26-20(12-15)28-24(30)21-16(2)27-18-13-25(3,4)14-19(29)23(18)22(21)17-8-6-5-7-9-17/h5-12,22,27H,13-14H2,1-4H3,(H,26,28,30)/t22-/m1/s1. The molecule has 30 heavy (non-hydrogen) atoms. The number of aryl methyl sites for hydroxylation is 1. The molecule has 1 aliphatic heterocycles. The Labute approximate surface area is 177 Å². The number of carbonyl (C=O) groups is 2. The topological polar surface area (TPSA) is 71.1 Å². The van der Waals surface area contributed by atoms with Gasteiger partial charge >= 0.3 is 0 Å². The van der Waals surface area contributed by atoms with E-state index in [1.165, 1.54) is 0 Å². The van der Waals surface area contributed by atoms with Gasteiger partial charge in [0.1, 0.15) is 5.82 Å². The molecule has 1 atom stereocenters. The number of carbonyl (C=O) groups excluding carboxylic acids is 2. The summed E-state index contributed by atoms with van der Waals surface area (Å²) in [4.78, 5) is 30.9. The Morgan fingerprint density at radius 2 is 1.87 bits per heavy atom. The highest BCUT2D eigenvalue weighted by molar-refractivity contribution is 6.09. The molecule has 0 saturated heterocycles. The lowest BCUT2D eigenvalue weighted by Crippen LogP contribution is -2.39. The van der Waals surface area contributed by atoms with Crippen LogP contribution in [0.25, 0.3) is 0 Å². The number of aromatic nitrogens is 1. The number of nitrogens with one attached hydrogen (secondary N) is 2. The summed E-state index contributed by atoms with van der Waals surface area (Å²) in [5.74, 6) is -0.0240. The number of hydrogen-bond acceptors (Lipinski definition) is 4. The zero-order valence-corrected chi connectivity index (χ0v) is 17.9. The van der Waals surface area contributed by atoms with Gasteiger partial charge in [-0.3, -0.25) is 9.59 Å². The fourth-order valence-electron chi connectivity index (χ4n) is 4.50. The Balaban J connectivity index is 1.79. The molecule has 2 aromatic rings. The molecule has 2 heterocycles. The second kappa shape index (κ2) is 7.56. The van der Waals surface area contributed by atoms with E-state index in [1.807, 2.05) is 56.3 Å². The summed E-state index contributed by atoms with van der Waals surface area (Å²) in [5.41, 5.74) is 4.86. The Morgan fingerprint density at radius 3 is 2.57 bits per heavy atom. The SMILES string of the molecule is CC1=C(C(=O)Nc2cc(C)ccn2)[C@@H](c2ccccc2)C2=C(CC(C)(C)CC2=O)N1. The van der Waals surface area contributed by atoms with Crippen LogP contribution in [0, 0.1) is 12.3 Å². The summed E-state index contributed by atoms with van der Waals surface area (Å²) in [6.07, 6.45) is 2.93. The van der Waals surface area contributed by atoms with Crippen LogP contribution in [0.15, 0.2) is 71.2 Å². The summed E-state index contributed by atoms with van der Waals surface area (Å²) in [7, 11) is 0. The number of allylic oxidation sites excluding steroid dienone is 3. The Hall–Kier alpha value is -3.21. The average Bonchev–Trinajstić information content (AvgIpc) is 2.66. The maximum Gasteiger partial charge on any atom is 0.255 e. The fraction of sp³-hybridized carbons (Fsp3) is 0.320. The lowest BCUT2D eigenvalue weighted by Gasteiger charge is -2.39. The molecule has 0 radical (unpaired) electrons. The highest BCUT2D eigenvalue weighted by Gasteiger charge is 2.42. The van der Waals surface area contributed by atoms with Crippen LogP contribution >= 0.6 is 0 Å². The molecule has 1 aromatic heterocycles. The number of Topliss-reactive ketones (excluding diaryl/α,β-unsaturated/α-hetero) is 1. The monoisotopic (exact) mass is 401 g/mol. The number of amides is 1. The first-order chi connectivity index (χ1) is 14.2. The number of benzene rings is 1. The number of rotatable bonds is 3. The van der Waals surface area contributed by atoms with Crippen LogP contribution in [0.3, 0.4) is 0 Å². The molecule has 1 aromatic carbocycles. The third kappa shape index (κ3) is 3.80. The van der Waals surface area contributed by atoms with Gasteiger partial charge in [0.25, 0.3) is 5.91 Å². The van der Waals surface area contributed by atoms with E-state index in [9.17, 15) is 9.59 Å². The molecule has 1 aliphatic carbocycles. The molecule has 0 saturated carbocycles. The first-order valence-corrected chi connectivity index (χ1v) is 10.3. The van der Waals surface area contributed by atoms with E-state index in [1.54, 1.807) is 6.20 Å². The van der Waals surface area contributed by atoms with Gasteiger partial charge < -0.3 is 10.6 Å². The number of anilines is 1. The zero-order chi connectivity index (χ0) is 21.5. The molecule has 0 unspecified atom stereocenters. The predicted octanol–water partition coefficient (Wildman–Crippen LogP) is 4.63. The molecule has 0 fully saturated rings. The van der Waals surface area contributed by atoms with Gasteiger partial charge in [-0.05, 0) is 48.9 Å². The molecule has 1 amide bonds. The number of nitrogens with zero attached hydrogens (tertiary/aromatic N) is 1. The summed E-state index contributed by atoms with van der Waals surface area (Å²) in [6.45, 7) is 8.08. The van der Waals surface area contributed by atoms with Crippen molar-refractivity contribution in [2.45, 2.75) is 46.5 Å². The van der Waals surface area contributed by atoms with Gasteiger partial charge in [0, 0.05) is 41.1 Å². The molecular formula is C25H27N3O2. The highest BCUT2D eigenvalue weighted by atomic mass is 16.2. The molecule has 0 bridgehead atoms. The third-order valence-electron chi connectivity index (χ3n) is 5.77. The van der Waals surface area contributed by atoms with Crippen LogP contribution in [0.1, 0.15) is 50.7 Å². The van der Waals surface area contributed by atoms with E-state index in [0.29, 0.717) is 23.4 Å². The first kappa shape index (κ1) is 20.1. The van der Waals surface area contributed by atoms with Gasteiger partial charge in [0.05, 0.1) is 0 Å². The average molecular weight is 402 g/mol. The van der Waals surface area contributed by atoms with Crippen molar-refractivity contribution >= 4 is 17.5 Å². The third-order valence-corrected chi connectivity index (χ3v) is 5.77. The van der Waals surface area contributed by atoms with Gasteiger partial charge in [-0.25, -0.2) is 4.98 Å². The zero-order valence-electron chi connectivity index (χ0n) is 17.9. The van der Waals surface area contributed by atoms with Gasteiger partial charge in [-0.2, -0.15) is 0 Å². The fourth-order valence-corrected chi connectivity index (χ4v) is 4.50. The van der Waals surface area contributed by atoms with Crippen LogP contribution in [-0.4, -0.2) is 16.7 Å². The van der Waals surface area contributed by atoms with Crippen LogP contribution in [0.2, 0.25) is 0 Å². The highest BCUT2D eigenvalue weighted by Crippen LogP contribution is 2.46. The lowest BCUT2D eigenvalue weighted by atomic mass is 9.68. The van der Waals surface area contributed by atoms with E-state index in [4.69, 9.17) is 0 Å². The minimum atomic E-state index is -0.393. The van der Waals surface area contributed by atoms with Crippen molar-refractivity contribution in [2.24, 2.45) is 5.41 Å². The van der Waals surface area contributed by atoms with Crippen molar-refractivity contribution in [3.63, 3.8) is 0 Å². The lowest BCUT2D eigenvalue weighted by molar-refractivity contribution is -0.118. The van der Waals surface area contributed by atoms with Crippen LogP contribution < -0.4 is 10.6 Å². The van der Waals surface area contributed by atoms with E-state index in [-0.39, 0.29) is 17.1 Å². The van der Waals surface area contributed by atoms with Crippen LogP contribution in [-0.2, 0) is 9.59 Å². The number of hydrogen-bond donors (Lipinski definition) is 2. The second-order valence-corrected chi connectivity index (χ2v) is 9.01. The minimum Gasteiger partial charge on any atom is -0.362 e. The Bertz CT molecular complexity index is 1080. The molecule has 0 spiro atoms. The molecule has 2 N–H and O–H groups in total. The largest absolute Gasteiger partial charge is 0.362 e. The van der Waals surface area contributed by atoms with Gasteiger partial charge in [0.2, 0.25) is 0 Å². The van der Waals surface area contributed by atoms with Gasteiger partial charge in [-0.1, -0.05) is 44.2 Å². The summed E-state index contributed by atoms with van der Waals surface area (Å²) in [5, 5.41) is 6.32. The van der Waals surface area contributed by atoms with Gasteiger partial charge in [0.15, 0.2) is 5.78 Å². The normalized spacial score (nSPS) is 20.5. The number of dihydropyridines is 1. The van der Waals surface area contributed by atoms with Crippen molar-refractivity contribution in [1.82, 2.24) is 10.3 Å². The van der Waals surface area contributed by atoms with E-state index < -0.39 is 5.92 Å². The summed E-state index contributed by atoms with van der Waals surface area (Å²) >= 11 is 0. The van der Waals surface area contributed by atoms with E-state index in [2.05, 4.69) is 29.5 Å². The smallest absolute Gasteiger partial charge is 0.255 e. The second-order valence-electron chi connectivity index (χ2n) is 9.01. The number of pyridine rings is 1. The molecule has 5 nitrogen and oxygen atoms in total. The van der Waals surface area contributed by atoms with Crippen molar-refractivity contribution in [3.8, 4) is 0 Å². The van der Waals surface area contributed by atoms with Crippen LogP contribution in [0.5, 0.6) is 0 Å². The van der Waals surface area contributed by atoms with Crippen molar-refractivity contribution in [1.29, 1.82) is 0 Å². The van der Waals surface area contributed by atoms with Crippen molar-refractivity contribution in [2.75, 3.05) is 5.32 Å². The van der Waals surface area contributed by atoms with Crippen molar-refractivity contribution in [3.05, 3.63) is 82.3 Å². The van der Waals surface area contributed by atoms with E-state index >= 15 is 0 Å². The Kier molecular flexibility index (Phi) is 5.06. The first-order valence-electron chi connectivity index (χ1n) is 10.3. The molecule has 154 valence electrons. The Morgan fingerprint density at radius 1 is 1.13 bits per heavy atom. The minimum absolute atomic E-state index is 0.102. The summed E-state index contributed by atoms with van der Waals surface area (Å²) < 4.78 is 0. The van der Waals surface area contributed by atoms with Crippen LogP contribution in [0.4, 0.5) is 5.82 Å².